The van der Waals surface area contributed by atoms with Crippen molar-refractivity contribution in [3.63, 3.8) is 0 Å². The number of nitrogens with two attached hydrogens (primary N) is 1. The molecule has 0 unspecified atom stereocenters. The van der Waals surface area contributed by atoms with Gasteiger partial charge < -0.3 is 20.0 Å². The third kappa shape index (κ3) is 3.61. The molecule has 1 heterocycles. The van der Waals surface area contributed by atoms with Gasteiger partial charge in [-0.2, -0.15) is 0 Å². The Morgan fingerprint density at radius 1 is 0.920 bits per heavy atom. The predicted molar refractivity (Wildman–Crippen MR) is 96.4 cm³/mol. The Morgan fingerprint density at radius 2 is 1.44 bits per heavy atom. The second-order valence-electron chi connectivity index (χ2n) is 6.46. The molecule has 0 radical (unpaired) electrons. The summed E-state index contributed by atoms with van der Waals surface area (Å²) in [5.41, 5.74) is 3.24. The molecule has 0 saturated carbocycles. The lowest BCUT2D eigenvalue weighted by Gasteiger charge is -2.33. The van der Waals surface area contributed by atoms with Gasteiger partial charge in [-0.25, -0.2) is 0 Å². The van der Waals surface area contributed by atoms with E-state index in [1.165, 1.54) is 11.1 Å². The molecule has 0 spiro atoms. The molecule has 2 aromatic carbocycles. The van der Waals surface area contributed by atoms with Crippen LogP contribution >= 0.6 is 0 Å². The average Bonchev–Trinajstić information content (AvgIpc) is 2.68. The monoisotopic (exact) mass is 341 g/mol. The second kappa shape index (κ2) is 7.57. The van der Waals surface area contributed by atoms with Gasteiger partial charge in [0.2, 0.25) is 0 Å². The van der Waals surface area contributed by atoms with Gasteiger partial charge in [0.15, 0.2) is 0 Å². The molecule has 3 atom stereocenters. The first-order valence-electron chi connectivity index (χ1n) is 8.50. The Labute approximate surface area is 148 Å². The first-order valence-corrected chi connectivity index (χ1v) is 8.50. The van der Waals surface area contributed by atoms with E-state index in [4.69, 9.17) is 9.47 Å². The maximum atomic E-state index is 9.49. The first-order chi connectivity index (χ1) is 12.2. The van der Waals surface area contributed by atoms with Crippen molar-refractivity contribution in [2.24, 2.45) is 11.1 Å². The summed E-state index contributed by atoms with van der Waals surface area (Å²) in [5, 5.41) is 15.4. The fourth-order valence-corrected chi connectivity index (χ4v) is 3.54. The van der Waals surface area contributed by atoms with Crippen LogP contribution in [-0.4, -0.2) is 25.1 Å². The molecule has 0 aromatic heterocycles. The molecule has 3 rings (SSSR count). The largest absolute Gasteiger partial charge is 0.497 e. The molecule has 1 aliphatic rings. The number of benzene rings is 2. The maximum Gasteiger partial charge on any atom is 0.120 e. The van der Waals surface area contributed by atoms with E-state index in [1.54, 1.807) is 14.2 Å². The molecule has 25 heavy (non-hydrogen) atoms. The highest BCUT2D eigenvalue weighted by molar-refractivity contribution is 5.87. The van der Waals surface area contributed by atoms with Crippen LogP contribution in [-0.2, 0) is 0 Å². The summed E-state index contributed by atoms with van der Waals surface area (Å²) in [4.78, 5) is 0. The summed E-state index contributed by atoms with van der Waals surface area (Å²) in [7, 11) is 3.33. The lowest BCUT2D eigenvalue weighted by Crippen LogP contribution is -2.90. The lowest BCUT2D eigenvalue weighted by molar-refractivity contribution is -0.741. The minimum Gasteiger partial charge on any atom is -0.497 e. The normalized spacial score (nSPS) is 24.9. The van der Waals surface area contributed by atoms with Crippen molar-refractivity contribution >= 4 is 5.71 Å². The van der Waals surface area contributed by atoms with Crippen molar-refractivity contribution in [2.75, 3.05) is 14.2 Å². The summed E-state index contributed by atoms with van der Waals surface area (Å²) in [6.07, 6.45) is 0.733. The molecular weight excluding hydrogens is 316 g/mol. The van der Waals surface area contributed by atoms with Gasteiger partial charge in [-0.05, 0) is 48.5 Å². The second-order valence-corrected chi connectivity index (χ2v) is 6.46. The van der Waals surface area contributed by atoms with E-state index in [9.17, 15) is 5.21 Å². The van der Waals surface area contributed by atoms with Gasteiger partial charge >= 0.3 is 0 Å². The minimum absolute atomic E-state index is 0.160. The smallest absolute Gasteiger partial charge is 0.120 e. The van der Waals surface area contributed by atoms with Gasteiger partial charge in [0, 0.05) is 17.5 Å². The van der Waals surface area contributed by atoms with Crippen molar-refractivity contribution in [1.29, 1.82) is 0 Å². The van der Waals surface area contributed by atoms with Gasteiger partial charge in [0.25, 0.3) is 0 Å². The zero-order valence-corrected chi connectivity index (χ0v) is 14.8. The van der Waals surface area contributed by atoms with E-state index in [-0.39, 0.29) is 18.0 Å². The van der Waals surface area contributed by atoms with Crippen LogP contribution in [0.15, 0.2) is 53.7 Å². The molecule has 0 amide bonds. The first kappa shape index (κ1) is 17.3. The topological polar surface area (TPSA) is 67.7 Å². The highest BCUT2D eigenvalue weighted by atomic mass is 16.5. The van der Waals surface area contributed by atoms with Crippen molar-refractivity contribution in [3.8, 4) is 11.5 Å². The van der Waals surface area contributed by atoms with Crippen LogP contribution in [0.25, 0.3) is 0 Å². The summed E-state index contributed by atoms with van der Waals surface area (Å²) in [6, 6.07) is 16.6. The molecule has 5 heteroatoms. The summed E-state index contributed by atoms with van der Waals surface area (Å²) in [5.74, 6) is 1.85. The van der Waals surface area contributed by atoms with Crippen LogP contribution in [0.2, 0.25) is 0 Å². The van der Waals surface area contributed by atoms with Gasteiger partial charge in [0.1, 0.15) is 23.6 Å². The number of methoxy groups -OCH3 is 2. The van der Waals surface area contributed by atoms with Gasteiger partial charge in [-0.1, -0.05) is 12.1 Å². The standard InChI is InChI=1S/C20H24N2O3/c1-13-18(22-23)12-19(14-4-8-16(24-2)9-5-14)21-20(13)15-6-10-17(25-3)11-7-15/h4-11,13,19-21,23H,12H2,1-3H3/p+1/b22-18-/t13-,19-,20-/m0/s1. The van der Waals surface area contributed by atoms with E-state index >= 15 is 0 Å². The number of piperidine rings is 1. The Kier molecular flexibility index (Phi) is 5.24. The molecule has 0 aliphatic carbocycles. The molecule has 3 N–H and O–H groups in total. The van der Waals surface area contributed by atoms with Crippen molar-refractivity contribution < 1.29 is 20.0 Å². The third-order valence-electron chi connectivity index (χ3n) is 5.11. The Bertz CT molecular complexity index is 726. The van der Waals surface area contributed by atoms with Crippen LogP contribution in [0.3, 0.4) is 0 Å². The molecule has 1 fully saturated rings. The number of ether oxygens (including phenoxy) is 2. The van der Waals surface area contributed by atoms with Crippen LogP contribution in [0, 0.1) is 5.92 Å². The summed E-state index contributed by atoms with van der Waals surface area (Å²) in [6.45, 7) is 2.12. The van der Waals surface area contributed by atoms with E-state index in [2.05, 4.69) is 41.7 Å². The maximum absolute atomic E-state index is 9.49. The van der Waals surface area contributed by atoms with Gasteiger partial charge in [-0.15, -0.1) is 0 Å². The molecule has 132 valence electrons. The zero-order valence-electron chi connectivity index (χ0n) is 14.8. The third-order valence-corrected chi connectivity index (χ3v) is 5.11. The number of quaternary nitrogens is 1. The van der Waals surface area contributed by atoms with Crippen molar-refractivity contribution in [3.05, 3.63) is 59.7 Å². The van der Waals surface area contributed by atoms with Gasteiger partial charge in [-0.3, -0.25) is 0 Å². The number of rotatable bonds is 4. The van der Waals surface area contributed by atoms with E-state index in [1.807, 2.05) is 24.3 Å². The van der Waals surface area contributed by atoms with E-state index < -0.39 is 0 Å². The predicted octanol–water partition coefficient (Wildman–Crippen LogP) is 2.92. The average molecular weight is 341 g/mol. The lowest BCUT2D eigenvalue weighted by atomic mass is 9.81. The molecule has 2 aromatic rings. The SMILES string of the molecule is COc1ccc([C@@H]2C/C(=N/O)[C@H](C)[C@@H](c3ccc(OC)cc3)[NH2+]2)cc1. The minimum atomic E-state index is 0.160. The molecule has 0 bridgehead atoms. The molecular formula is C20H25N2O3+. The van der Waals surface area contributed by atoms with Gasteiger partial charge in [0.05, 0.1) is 25.8 Å². The fraction of sp³-hybridized carbons (Fsp3) is 0.350. The summed E-state index contributed by atoms with van der Waals surface area (Å²) < 4.78 is 10.5. The fourth-order valence-electron chi connectivity index (χ4n) is 3.54. The van der Waals surface area contributed by atoms with Crippen LogP contribution < -0.4 is 14.8 Å². The zero-order chi connectivity index (χ0) is 17.8. The van der Waals surface area contributed by atoms with Crippen LogP contribution in [0.1, 0.15) is 36.6 Å². The highest BCUT2D eigenvalue weighted by Gasteiger charge is 2.37. The Balaban J connectivity index is 1.88. The van der Waals surface area contributed by atoms with Crippen LogP contribution in [0.4, 0.5) is 0 Å². The van der Waals surface area contributed by atoms with Crippen LogP contribution in [0.5, 0.6) is 11.5 Å². The van der Waals surface area contributed by atoms with Crippen molar-refractivity contribution in [2.45, 2.75) is 25.4 Å². The highest BCUT2D eigenvalue weighted by Crippen LogP contribution is 2.30. The molecule has 1 aliphatic heterocycles. The Morgan fingerprint density at radius 3 is 1.92 bits per heavy atom. The number of nitrogens with zero attached hydrogens (tertiary/aromatic N) is 1. The molecule has 5 nitrogen and oxygen atoms in total. The van der Waals surface area contributed by atoms with Crippen molar-refractivity contribution in [1.82, 2.24) is 0 Å². The number of hydrogen-bond donors (Lipinski definition) is 2. The Hall–Kier alpha value is -2.53. The van der Waals surface area contributed by atoms with E-state index in [0.717, 1.165) is 23.6 Å². The number of hydrogen-bond acceptors (Lipinski definition) is 4. The molecule has 1 saturated heterocycles. The van der Waals surface area contributed by atoms with E-state index in [0.29, 0.717) is 0 Å². The number of oxime groups is 1. The summed E-state index contributed by atoms with van der Waals surface area (Å²) >= 11 is 0. The quantitative estimate of drug-likeness (QED) is 0.664.